The van der Waals surface area contributed by atoms with Crippen LogP contribution in [0.5, 0.6) is 0 Å². The van der Waals surface area contributed by atoms with Crippen LogP contribution in [-0.4, -0.2) is 0 Å². The summed E-state index contributed by atoms with van der Waals surface area (Å²) < 4.78 is 0. The summed E-state index contributed by atoms with van der Waals surface area (Å²) in [5.74, 6) is 2.58. The van der Waals surface area contributed by atoms with Gasteiger partial charge in [-0.25, -0.2) is 0 Å². The lowest BCUT2D eigenvalue weighted by Crippen LogP contribution is -2.13. The van der Waals surface area contributed by atoms with Crippen molar-refractivity contribution in [1.82, 2.24) is 0 Å². The first-order valence-corrected chi connectivity index (χ1v) is 9.28. The molecule has 0 amide bonds. The predicted molar refractivity (Wildman–Crippen MR) is 112 cm³/mol. The van der Waals surface area contributed by atoms with Gasteiger partial charge in [-0.15, -0.1) is 39.5 Å². The average molecular weight is 327 g/mol. The van der Waals surface area contributed by atoms with Crippen molar-refractivity contribution in [2.24, 2.45) is 29.6 Å². The minimum Gasteiger partial charge on any atom is -0.103 e. The molecule has 0 radical (unpaired) electrons. The lowest BCUT2D eigenvalue weighted by molar-refractivity contribution is 0.351. The van der Waals surface area contributed by atoms with E-state index in [-0.39, 0.29) is 0 Å². The highest BCUT2D eigenvalue weighted by Gasteiger charge is 2.18. The molecule has 0 aliphatic carbocycles. The second-order valence-corrected chi connectivity index (χ2v) is 7.00. The molecular weight excluding hydrogens is 288 g/mol. The van der Waals surface area contributed by atoms with E-state index < -0.39 is 0 Å². The molecule has 0 N–H and O–H groups in total. The summed E-state index contributed by atoms with van der Waals surface area (Å²) in [6, 6.07) is 0. The van der Waals surface area contributed by atoms with E-state index in [0.29, 0.717) is 29.6 Å². The smallest absolute Gasteiger partial charge is 0.0225 e. The molecule has 0 heteroatoms. The van der Waals surface area contributed by atoms with Crippen LogP contribution in [0.15, 0.2) is 75.9 Å². The van der Waals surface area contributed by atoms with Gasteiger partial charge < -0.3 is 0 Å². The van der Waals surface area contributed by atoms with E-state index in [4.69, 9.17) is 0 Å². The van der Waals surface area contributed by atoms with Crippen molar-refractivity contribution in [3.05, 3.63) is 75.9 Å². The number of hydrogen-bond acceptors (Lipinski definition) is 0. The Balaban J connectivity index is 4.67. The van der Waals surface area contributed by atoms with Gasteiger partial charge in [-0.1, -0.05) is 43.4 Å². The topological polar surface area (TPSA) is 0 Å². The van der Waals surface area contributed by atoms with Gasteiger partial charge in [0.1, 0.15) is 0 Å². The second kappa shape index (κ2) is 13.8. The lowest BCUT2D eigenvalue weighted by Gasteiger charge is -2.25. The van der Waals surface area contributed by atoms with Gasteiger partial charge in [-0.2, -0.15) is 0 Å². The van der Waals surface area contributed by atoms with Gasteiger partial charge in [0.15, 0.2) is 0 Å². The van der Waals surface area contributed by atoms with Crippen molar-refractivity contribution in [1.29, 1.82) is 0 Å². The minimum absolute atomic E-state index is 0.498. The zero-order valence-corrected chi connectivity index (χ0v) is 15.8. The molecule has 0 aromatic rings. The Morgan fingerprint density at radius 1 is 0.583 bits per heavy atom. The monoisotopic (exact) mass is 326 g/mol. The van der Waals surface area contributed by atoms with Crippen LogP contribution in [0.25, 0.3) is 0 Å². The van der Waals surface area contributed by atoms with Gasteiger partial charge >= 0.3 is 0 Å². The Bertz CT molecular complexity index is 400. The van der Waals surface area contributed by atoms with Gasteiger partial charge in [0.25, 0.3) is 0 Å². The highest BCUT2D eigenvalue weighted by molar-refractivity contribution is 4.95. The maximum absolute atomic E-state index is 4.06. The summed E-state index contributed by atoms with van der Waals surface area (Å²) in [4.78, 5) is 0. The first-order chi connectivity index (χ1) is 11.5. The summed E-state index contributed by atoms with van der Waals surface area (Å²) in [6.45, 7) is 26.1. The maximum atomic E-state index is 4.06. The van der Waals surface area contributed by atoms with Gasteiger partial charge in [0.05, 0.1) is 0 Å². The van der Waals surface area contributed by atoms with Crippen molar-refractivity contribution >= 4 is 0 Å². The lowest BCUT2D eigenvalue weighted by atomic mass is 9.80. The second-order valence-electron chi connectivity index (χ2n) is 7.00. The predicted octanol–water partition coefficient (Wildman–Crippen LogP) is 7.54. The maximum Gasteiger partial charge on any atom is -0.0225 e. The third-order valence-corrected chi connectivity index (χ3v) is 4.97. The number of rotatable bonds is 16. The summed E-state index contributed by atoms with van der Waals surface area (Å²) in [5.41, 5.74) is 0. The van der Waals surface area contributed by atoms with E-state index >= 15 is 0 Å². The summed E-state index contributed by atoms with van der Waals surface area (Å²) >= 11 is 0. The summed E-state index contributed by atoms with van der Waals surface area (Å²) in [7, 11) is 0. The molecule has 0 saturated heterocycles. The zero-order chi connectivity index (χ0) is 18.4. The molecule has 5 unspecified atom stereocenters. The molecule has 0 saturated carbocycles. The molecule has 0 aliphatic rings. The highest BCUT2D eigenvalue weighted by Crippen LogP contribution is 2.30. The first-order valence-electron chi connectivity index (χ1n) is 9.28. The molecule has 0 fully saturated rings. The molecule has 0 aromatic carbocycles. The Labute approximate surface area is 151 Å². The van der Waals surface area contributed by atoms with Crippen LogP contribution >= 0.6 is 0 Å². The van der Waals surface area contributed by atoms with E-state index in [0.717, 1.165) is 38.5 Å². The van der Waals surface area contributed by atoms with Crippen molar-refractivity contribution in [3.8, 4) is 0 Å². The normalized spacial score (nSPS) is 16.9. The van der Waals surface area contributed by atoms with Gasteiger partial charge in [-0.05, 0) is 68.1 Å². The molecule has 0 aliphatic heterocycles. The van der Waals surface area contributed by atoms with Crippen molar-refractivity contribution in [3.63, 3.8) is 0 Å². The van der Waals surface area contributed by atoms with Crippen molar-refractivity contribution in [2.75, 3.05) is 0 Å². The molecule has 0 rings (SSSR count). The molecule has 0 aromatic heterocycles. The minimum atomic E-state index is 0.498. The third kappa shape index (κ3) is 9.55. The molecule has 5 atom stereocenters. The Morgan fingerprint density at radius 3 is 1.38 bits per heavy atom. The van der Waals surface area contributed by atoms with E-state index in [9.17, 15) is 0 Å². The number of hydrogen-bond donors (Lipinski definition) is 0. The van der Waals surface area contributed by atoms with Crippen LogP contribution in [0.4, 0.5) is 0 Å². The highest BCUT2D eigenvalue weighted by atomic mass is 14.2. The van der Waals surface area contributed by atoms with Crippen molar-refractivity contribution < 1.29 is 0 Å². The van der Waals surface area contributed by atoms with E-state index in [1.165, 1.54) is 0 Å². The zero-order valence-electron chi connectivity index (χ0n) is 15.8. The molecule has 134 valence electrons. The summed E-state index contributed by atoms with van der Waals surface area (Å²) in [6.07, 6.45) is 19.0. The molecule has 0 spiro atoms. The summed E-state index contributed by atoms with van der Waals surface area (Å²) in [5, 5.41) is 0. The largest absolute Gasteiger partial charge is 0.103 e. The molecule has 0 heterocycles. The fourth-order valence-corrected chi connectivity index (χ4v) is 3.27. The molecule has 0 nitrogen and oxygen atoms in total. The Hall–Kier alpha value is -1.56. The van der Waals surface area contributed by atoms with Gasteiger partial charge in [0.2, 0.25) is 0 Å². The molecule has 0 bridgehead atoms. The quantitative estimate of drug-likeness (QED) is 0.257. The fraction of sp³-hybridized carbons (Fsp3) is 0.500. The molecular formula is C24H38. The third-order valence-electron chi connectivity index (χ3n) is 4.97. The Kier molecular flexibility index (Phi) is 12.9. The standard InChI is InChI=1S/C24H38/c1-8-14-15-21(10-3)17-23(12-5)19-24(13-6)18-22(11-4)16-20(7)9-2/h8-13,20-24H,1-6,14-19H2,7H3. The van der Waals surface area contributed by atoms with Crippen LogP contribution in [0.3, 0.4) is 0 Å². The number of allylic oxidation sites excluding steroid dienone is 6. The first kappa shape index (κ1) is 22.4. The van der Waals surface area contributed by atoms with Crippen LogP contribution in [-0.2, 0) is 0 Å². The van der Waals surface area contributed by atoms with E-state index in [2.05, 4.69) is 70.7 Å². The molecule has 24 heavy (non-hydrogen) atoms. The van der Waals surface area contributed by atoms with E-state index in [1.807, 2.05) is 12.2 Å². The Morgan fingerprint density at radius 2 is 1.00 bits per heavy atom. The van der Waals surface area contributed by atoms with Gasteiger partial charge in [-0.3, -0.25) is 0 Å². The van der Waals surface area contributed by atoms with Crippen LogP contribution < -0.4 is 0 Å². The van der Waals surface area contributed by atoms with Crippen LogP contribution in [0.2, 0.25) is 0 Å². The van der Waals surface area contributed by atoms with Crippen molar-refractivity contribution in [2.45, 2.75) is 45.4 Å². The van der Waals surface area contributed by atoms with Crippen LogP contribution in [0, 0.1) is 29.6 Å². The SMILES string of the molecule is C=CCCC(C=C)CC(C=C)CC(C=C)CC(C=C)CC(C)C=C. The fourth-order valence-electron chi connectivity index (χ4n) is 3.27. The van der Waals surface area contributed by atoms with Gasteiger partial charge in [0, 0.05) is 0 Å². The van der Waals surface area contributed by atoms with Crippen LogP contribution in [0.1, 0.15) is 45.4 Å². The average Bonchev–Trinajstić information content (AvgIpc) is 2.61. The van der Waals surface area contributed by atoms with E-state index in [1.54, 1.807) is 0 Å².